The Morgan fingerprint density at radius 3 is 2.78 bits per heavy atom. The van der Waals surface area contributed by atoms with Crippen molar-refractivity contribution in [1.82, 2.24) is 10.0 Å². The summed E-state index contributed by atoms with van der Waals surface area (Å²) in [6.45, 7) is 2.17. The highest BCUT2D eigenvalue weighted by atomic mass is 16.5. The number of hydrogen-bond donors (Lipinski definition) is 0. The Kier molecular flexibility index (Phi) is 5.65. The molecule has 2 saturated heterocycles. The van der Waals surface area contributed by atoms with Gasteiger partial charge in [-0.3, -0.25) is 4.79 Å². The van der Waals surface area contributed by atoms with E-state index < -0.39 is 0 Å². The first-order valence-electron chi connectivity index (χ1n) is 8.52. The Balaban J connectivity index is 1.57. The topological polar surface area (TPSA) is 42.0 Å². The Morgan fingerprint density at radius 1 is 1.17 bits per heavy atom. The number of carbonyl (C=O) groups excluding carboxylic acids is 1. The molecule has 1 unspecified atom stereocenters. The number of ether oxygens (including phenoxy) is 2. The van der Waals surface area contributed by atoms with Crippen molar-refractivity contribution in [2.45, 2.75) is 51.0 Å². The van der Waals surface area contributed by atoms with Crippen LogP contribution in [-0.4, -0.2) is 48.5 Å². The molecule has 2 atom stereocenters. The highest BCUT2D eigenvalue weighted by molar-refractivity contribution is 5.76. The first kappa shape index (κ1) is 16.4. The van der Waals surface area contributed by atoms with Gasteiger partial charge < -0.3 is 9.47 Å². The summed E-state index contributed by atoms with van der Waals surface area (Å²) in [5, 5.41) is 4.04. The fourth-order valence-electron chi connectivity index (χ4n) is 3.51. The maximum absolute atomic E-state index is 12.4. The number of rotatable bonds is 6. The van der Waals surface area contributed by atoms with Crippen molar-refractivity contribution >= 4 is 5.91 Å². The molecular formula is C18H26N2O3. The van der Waals surface area contributed by atoms with Crippen molar-refractivity contribution in [3.05, 3.63) is 35.9 Å². The third-order valence-electron chi connectivity index (χ3n) is 4.69. The number of hydrogen-bond acceptors (Lipinski definition) is 4. The second-order valence-electron chi connectivity index (χ2n) is 6.28. The minimum absolute atomic E-state index is 0.119. The molecule has 23 heavy (non-hydrogen) atoms. The normalized spacial score (nSPS) is 26.0. The molecule has 0 saturated carbocycles. The number of nitrogens with zero attached hydrogens (tertiary/aromatic N) is 2. The zero-order valence-electron chi connectivity index (χ0n) is 13.8. The second-order valence-corrected chi connectivity index (χ2v) is 6.28. The number of benzene rings is 1. The van der Waals surface area contributed by atoms with Gasteiger partial charge in [-0.25, -0.2) is 10.0 Å². The van der Waals surface area contributed by atoms with E-state index in [1.807, 2.05) is 23.2 Å². The van der Waals surface area contributed by atoms with Crippen LogP contribution in [0.2, 0.25) is 0 Å². The fraction of sp³-hybridized carbons (Fsp3) is 0.611. The van der Waals surface area contributed by atoms with Crippen LogP contribution in [0, 0.1) is 0 Å². The van der Waals surface area contributed by atoms with E-state index in [1.54, 1.807) is 7.11 Å². The average Bonchev–Trinajstić information content (AvgIpc) is 3.03. The van der Waals surface area contributed by atoms with Gasteiger partial charge in [-0.2, -0.15) is 0 Å². The van der Waals surface area contributed by atoms with Gasteiger partial charge in [-0.1, -0.05) is 30.3 Å². The second kappa shape index (κ2) is 7.90. The summed E-state index contributed by atoms with van der Waals surface area (Å²) < 4.78 is 11.4. The lowest BCUT2D eigenvalue weighted by atomic mass is 10.1. The molecule has 1 amide bonds. The Morgan fingerprint density at radius 2 is 2.00 bits per heavy atom. The van der Waals surface area contributed by atoms with E-state index in [0.717, 1.165) is 32.2 Å². The van der Waals surface area contributed by atoms with Crippen LogP contribution in [0.5, 0.6) is 0 Å². The van der Waals surface area contributed by atoms with Gasteiger partial charge in [0.15, 0.2) is 0 Å². The van der Waals surface area contributed by atoms with Crippen LogP contribution < -0.4 is 0 Å². The lowest BCUT2D eigenvalue weighted by Gasteiger charge is -2.42. The van der Waals surface area contributed by atoms with Gasteiger partial charge in [0, 0.05) is 20.1 Å². The fourth-order valence-corrected chi connectivity index (χ4v) is 3.51. The summed E-state index contributed by atoms with van der Waals surface area (Å²) in [4.78, 5) is 12.4. The van der Waals surface area contributed by atoms with Crippen LogP contribution in [0.1, 0.15) is 37.7 Å². The Bertz CT molecular complexity index is 508. The Labute approximate surface area is 138 Å². The largest absolute Gasteiger partial charge is 0.375 e. The van der Waals surface area contributed by atoms with E-state index in [1.165, 1.54) is 5.56 Å². The molecule has 0 spiro atoms. The molecule has 3 rings (SSSR count). The molecule has 0 aromatic heterocycles. The average molecular weight is 318 g/mol. The number of amides is 1. The summed E-state index contributed by atoms with van der Waals surface area (Å²) in [7, 11) is 1.69. The standard InChI is InChI=1S/C18H26N2O3/c1-22-18-11-5-10-17(21)20(18)19-12-6-9-16(19)14-23-13-15-7-3-2-4-8-15/h2-4,7-8,16,18H,5-6,9-14H2,1H3/t16-,18?/m0/s1. The van der Waals surface area contributed by atoms with Crippen LogP contribution in [0.15, 0.2) is 30.3 Å². The zero-order chi connectivity index (χ0) is 16.1. The van der Waals surface area contributed by atoms with E-state index in [-0.39, 0.29) is 18.2 Å². The van der Waals surface area contributed by atoms with Gasteiger partial charge in [0.05, 0.1) is 19.3 Å². The van der Waals surface area contributed by atoms with E-state index in [9.17, 15) is 4.79 Å². The number of methoxy groups -OCH3 is 1. The van der Waals surface area contributed by atoms with Crippen molar-refractivity contribution in [1.29, 1.82) is 0 Å². The van der Waals surface area contributed by atoms with Crippen molar-refractivity contribution < 1.29 is 14.3 Å². The van der Waals surface area contributed by atoms with E-state index >= 15 is 0 Å². The molecule has 0 radical (unpaired) electrons. The van der Waals surface area contributed by atoms with Crippen molar-refractivity contribution in [2.24, 2.45) is 0 Å². The maximum Gasteiger partial charge on any atom is 0.239 e. The molecule has 126 valence electrons. The molecule has 0 aliphatic carbocycles. The number of carbonyl (C=O) groups is 1. The molecule has 1 aromatic rings. The van der Waals surface area contributed by atoms with Gasteiger partial charge in [-0.15, -0.1) is 0 Å². The predicted molar refractivity (Wildman–Crippen MR) is 87.3 cm³/mol. The molecule has 5 nitrogen and oxygen atoms in total. The predicted octanol–water partition coefficient (Wildman–Crippen LogP) is 2.57. The van der Waals surface area contributed by atoms with Crippen molar-refractivity contribution in [3.8, 4) is 0 Å². The van der Waals surface area contributed by atoms with Crippen LogP contribution in [0.3, 0.4) is 0 Å². The van der Waals surface area contributed by atoms with Crippen LogP contribution in [0.25, 0.3) is 0 Å². The molecule has 0 N–H and O–H groups in total. The van der Waals surface area contributed by atoms with Crippen molar-refractivity contribution in [2.75, 3.05) is 20.3 Å². The molecule has 2 heterocycles. The summed E-state index contributed by atoms with van der Waals surface area (Å²) in [5.74, 6) is 0.179. The van der Waals surface area contributed by atoms with Gasteiger partial charge in [0.2, 0.25) is 5.91 Å². The quantitative estimate of drug-likeness (QED) is 0.808. The third kappa shape index (κ3) is 3.91. The first-order chi connectivity index (χ1) is 11.3. The molecule has 1 aromatic carbocycles. The van der Waals surface area contributed by atoms with Crippen molar-refractivity contribution in [3.63, 3.8) is 0 Å². The van der Waals surface area contributed by atoms with E-state index in [4.69, 9.17) is 9.47 Å². The lowest BCUT2D eigenvalue weighted by Crippen LogP contribution is -2.57. The maximum atomic E-state index is 12.4. The summed E-state index contributed by atoms with van der Waals surface area (Å²) in [6, 6.07) is 10.5. The van der Waals surface area contributed by atoms with Gasteiger partial charge in [0.1, 0.15) is 6.23 Å². The SMILES string of the molecule is COC1CCCC(=O)N1N1CCC[C@H]1COCc1ccccc1. The molecule has 2 fully saturated rings. The van der Waals surface area contributed by atoms with Gasteiger partial charge in [-0.05, 0) is 31.2 Å². The molecule has 2 aliphatic heterocycles. The monoisotopic (exact) mass is 318 g/mol. The smallest absolute Gasteiger partial charge is 0.239 e. The highest BCUT2D eigenvalue weighted by Crippen LogP contribution is 2.27. The lowest BCUT2D eigenvalue weighted by molar-refractivity contribution is -0.197. The summed E-state index contributed by atoms with van der Waals surface area (Å²) in [6.07, 6.45) is 4.49. The van der Waals surface area contributed by atoms with Crippen LogP contribution >= 0.6 is 0 Å². The number of hydrazine groups is 1. The van der Waals surface area contributed by atoms with Gasteiger partial charge in [0.25, 0.3) is 0 Å². The zero-order valence-corrected chi connectivity index (χ0v) is 13.8. The molecular weight excluding hydrogens is 292 g/mol. The number of piperidine rings is 1. The molecule has 0 bridgehead atoms. The molecule has 2 aliphatic rings. The van der Waals surface area contributed by atoms with Crippen LogP contribution in [0.4, 0.5) is 0 Å². The molecule has 5 heteroatoms. The Hall–Kier alpha value is -1.43. The van der Waals surface area contributed by atoms with Crippen LogP contribution in [-0.2, 0) is 20.9 Å². The summed E-state index contributed by atoms with van der Waals surface area (Å²) >= 11 is 0. The third-order valence-corrected chi connectivity index (χ3v) is 4.69. The van der Waals surface area contributed by atoms with E-state index in [2.05, 4.69) is 17.1 Å². The highest BCUT2D eigenvalue weighted by Gasteiger charge is 2.38. The minimum Gasteiger partial charge on any atom is -0.375 e. The van der Waals surface area contributed by atoms with E-state index in [0.29, 0.717) is 19.6 Å². The first-order valence-corrected chi connectivity index (χ1v) is 8.52. The summed E-state index contributed by atoms with van der Waals surface area (Å²) in [5.41, 5.74) is 1.18. The minimum atomic E-state index is -0.119. The van der Waals surface area contributed by atoms with Gasteiger partial charge >= 0.3 is 0 Å².